The summed E-state index contributed by atoms with van der Waals surface area (Å²) in [5.41, 5.74) is 0. The summed E-state index contributed by atoms with van der Waals surface area (Å²) >= 11 is 0. The SMILES string of the molecule is CC1OCCC1S(=O)(=O)C(C)C(C)C(=O)O. The van der Waals surface area contributed by atoms with Crippen LogP contribution < -0.4 is 0 Å². The van der Waals surface area contributed by atoms with Gasteiger partial charge >= 0.3 is 5.97 Å². The molecule has 0 radical (unpaired) electrons. The fourth-order valence-electron chi connectivity index (χ4n) is 1.90. The summed E-state index contributed by atoms with van der Waals surface area (Å²) in [7, 11) is -3.44. The van der Waals surface area contributed by atoms with Crippen molar-refractivity contribution in [2.24, 2.45) is 5.92 Å². The summed E-state index contributed by atoms with van der Waals surface area (Å²) in [4.78, 5) is 10.8. The fraction of sp³-hybridized carbons (Fsp3) is 0.900. The maximum absolute atomic E-state index is 12.1. The average Bonchev–Trinajstić information content (AvgIpc) is 2.62. The van der Waals surface area contributed by atoms with Gasteiger partial charge in [-0.2, -0.15) is 0 Å². The fourth-order valence-corrected chi connectivity index (χ4v) is 4.18. The monoisotopic (exact) mass is 250 g/mol. The molecule has 1 saturated heterocycles. The molecule has 1 heterocycles. The van der Waals surface area contributed by atoms with Gasteiger partial charge in [0.15, 0.2) is 9.84 Å². The largest absolute Gasteiger partial charge is 0.481 e. The van der Waals surface area contributed by atoms with Crippen LogP contribution in [0.4, 0.5) is 0 Å². The first-order chi connectivity index (χ1) is 7.28. The molecule has 1 N–H and O–H groups in total. The summed E-state index contributed by atoms with van der Waals surface area (Å²) in [5.74, 6) is -1.97. The predicted molar refractivity (Wildman–Crippen MR) is 59.0 cm³/mol. The maximum atomic E-state index is 12.1. The van der Waals surface area contributed by atoms with Gasteiger partial charge in [0.05, 0.1) is 22.5 Å². The normalized spacial score (nSPS) is 29.9. The second-order valence-electron chi connectivity index (χ2n) is 4.32. The Bertz CT molecular complexity index is 361. The molecule has 1 rings (SSSR count). The van der Waals surface area contributed by atoms with Crippen LogP contribution in [0.15, 0.2) is 0 Å². The Labute approximate surface area is 95.7 Å². The van der Waals surface area contributed by atoms with Gasteiger partial charge in [0.25, 0.3) is 0 Å². The van der Waals surface area contributed by atoms with E-state index in [4.69, 9.17) is 9.84 Å². The molecule has 0 aromatic heterocycles. The molecule has 1 aliphatic heterocycles. The summed E-state index contributed by atoms with van der Waals surface area (Å²) in [5, 5.41) is 7.39. The Morgan fingerprint density at radius 3 is 2.38 bits per heavy atom. The highest BCUT2D eigenvalue weighted by Gasteiger charge is 2.42. The van der Waals surface area contributed by atoms with Gasteiger partial charge in [-0.3, -0.25) is 4.79 Å². The molecular weight excluding hydrogens is 232 g/mol. The van der Waals surface area contributed by atoms with E-state index in [1.165, 1.54) is 13.8 Å². The number of aliphatic carboxylic acids is 1. The zero-order valence-electron chi connectivity index (χ0n) is 9.71. The Morgan fingerprint density at radius 1 is 1.44 bits per heavy atom. The standard InChI is InChI=1S/C10H18O5S/c1-6(10(11)12)8(3)16(13,14)9-4-5-15-7(9)2/h6-9H,4-5H2,1-3H3,(H,11,12). The van der Waals surface area contributed by atoms with Gasteiger partial charge in [-0.15, -0.1) is 0 Å². The lowest BCUT2D eigenvalue weighted by molar-refractivity contribution is -0.141. The number of ether oxygens (including phenoxy) is 1. The second-order valence-corrected chi connectivity index (χ2v) is 6.85. The molecule has 4 atom stereocenters. The third-order valence-corrected chi connectivity index (χ3v) is 6.25. The highest BCUT2D eigenvalue weighted by atomic mass is 32.2. The van der Waals surface area contributed by atoms with Crippen molar-refractivity contribution in [3.63, 3.8) is 0 Å². The predicted octanol–water partition coefficient (Wildman–Crippen LogP) is 0.688. The van der Waals surface area contributed by atoms with Crippen LogP contribution in [0, 0.1) is 5.92 Å². The zero-order chi connectivity index (χ0) is 12.5. The third kappa shape index (κ3) is 2.38. The van der Waals surface area contributed by atoms with Gasteiger partial charge in [0.2, 0.25) is 0 Å². The Balaban J connectivity index is 2.89. The molecular formula is C10H18O5S. The van der Waals surface area contributed by atoms with Gasteiger partial charge in [0.1, 0.15) is 0 Å². The molecule has 6 heteroatoms. The number of carbonyl (C=O) groups is 1. The Morgan fingerprint density at radius 2 is 2.00 bits per heavy atom. The van der Waals surface area contributed by atoms with E-state index in [0.717, 1.165) is 0 Å². The van der Waals surface area contributed by atoms with Gasteiger partial charge < -0.3 is 9.84 Å². The van der Waals surface area contributed by atoms with Crippen LogP contribution in [0.5, 0.6) is 0 Å². The lowest BCUT2D eigenvalue weighted by Gasteiger charge is -2.22. The van der Waals surface area contributed by atoms with E-state index >= 15 is 0 Å². The number of rotatable bonds is 4. The minimum Gasteiger partial charge on any atom is -0.481 e. The number of hydrogen-bond acceptors (Lipinski definition) is 4. The van der Waals surface area contributed by atoms with E-state index in [1.807, 2.05) is 0 Å². The topological polar surface area (TPSA) is 80.7 Å². The molecule has 1 fully saturated rings. The van der Waals surface area contributed by atoms with E-state index in [1.54, 1.807) is 6.92 Å². The first-order valence-electron chi connectivity index (χ1n) is 5.35. The summed E-state index contributed by atoms with van der Waals surface area (Å²) in [6.07, 6.45) is 0.119. The number of hydrogen-bond donors (Lipinski definition) is 1. The minimum absolute atomic E-state index is 0.339. The van der Waals surface area contributed by atoms with Crippen molar-refractivity contribution >= 4 is 15.8 Å². The maximum Gasteiger partial charge on any atom is 0.307 e. The van der Waals surface area contributed by atoms with Crippen molar-refractivity contribution in [2.45, 2.75) is 43.8 Å². The first kappa shape index (κ1) is 13.4. The van der Waals surface area contributed by atoms with Crippen molar-refractivity contribution in [3.8, 4) is 0 Å². The molecule has 1 aliphatic rings. The summed E-state index contributed by atoms with van der Waals surface area (Å²) in [6, 6.07) is 0. The van der Waals surface area contributed by atoms with E-state index < -0.39 is 32.2 Å². The van der Waals surface area contributed by atoms with Crippen LogP contribution in [0.1, 0.15) is 27.2 Å². The van der Waals surface area contributed by atoms with Gasteiger partial charge in [0, 0.05) is 6.61 Å². The number of carboxylic acids is 1. The highest BCUT2D eigenvalue weighted by molar-refractivity contribution is 7.92. The van der Waals surface area contributed by atoms with Gasteiger partial charge in [-0.1, -0.05) is 6.92 Å². The van der Waals surface area contributed by atoms with Crippen LogP contribution in [-0.2, 0) is 19.4 Å². The smallest absolute Gasteiger partial charge is 0.307 e. The molecule has 94 valence electrons. The van der Waals surface area contributed by atoms with E-state index in [0.29, 0.717) is 13.0 Å². The van der Waals surface area contributed by atoms with Crippen LogP contribution in [0.2, 0.25) is 0 Å². The van der Waals surface area contributed by atoms with E-state index in [-0.39, 0.29) is 6.10 Å². The molecule has 0 bridgehead atoms. The number of carboxylic acid groups (broad SMARTS) is 1. The van der Waals surface area contributed by atoms with Crippen molar-refractivity contribution in [2.75, 3.05) is 6.61 Å². The van der Waals surface area contributed by atoms with Crippen molar-refractivity contribution in [1.29, 1.82) is 0 Å². The zero-order valence-corrected chi connectivity index (χ0v) is 10.5. The molecule has 0 aromatic carbocycles. The molecule has 0 spiro atoms. The van der Waals surface area contributed by atoms with Crippen LogP contribution in [0.3, 0.4) is 0 Å². The van der Waals surface area contributed by atoms with Crippen LogP contribution >= 0.6 is 0 Å². The Kier molecular flexibility index (Phi) is 3.96. The molecule has 16 heavy (non-hydrogen) atoms. The van der Waals surface area contributed by atoms with Crippen molar-refractivity contribution in [1.82, 2.24) is 0 Å². The highest BCUT2D eigenvalue weighted by Crippen LogP contribution is 2.27. The molecule has 4 unspecified atom stereocenters. The molecule has 0 amide bonds. The Hall–Kier alpha value is -0.620. The molecule has 0 aliphatic carbocycles. The molecule has 0 aromatic rings. The second kappa shape index (κ2) is 4.71. The third-order valence-electron chi connectivity index (χ3n) is 3.34. The quantitative estimate of drug-likeness (QED) is 0.794. The van der Waals surface area contributed by atoms with Crippen molar-refractivity contribution < 1.29 is 23.1 Å². The molecule has 5 nitrogen and oxygen atoms in total. The number of sulfone groups is 1. The van der Waals surface area contributed by atoms with Gasteiger partial charge in [-0.25, -0.2) is 8.42 Å². The summed E-state index contributed by atoms with van der Waals surface area (Å²) < 4.78 is 29.5. The average molecular weight is 250 g/mol. The summed E-state index contributed by atoms with van der Waals surface area (Å²) in [6.45, 7) is 5.02. The minimum atomic E-state index is -3.44. The molecule has 0 saturated carbocycles. The van der Waals surface area contributed by atoms with Crippen LogP contribution in [-0.4, -0.2) is 42.7 Å². The lowest BCUT2D eigenvalue weighted by atomic mass is 10.1. The van der Waals surface area contributed by atoms with Crippen LogP contribution in [0.25, 0.3) is 0 Å². The van der Waals surface area contributed by atoms with Crippen molar-refractivity contribution in [3.05, 3.63) is 0 Å². The van der Waals surface area contributed by atoms with E-state index in [9.17, 15) is 13.2 Å². The first-order valence-corrected chi connectivity index (χ1v) is 6.96. The van der Waals surface area contributed by atoms with Gasteiger partial charge in [-0.05, 0) is 20.3 Å². The van der Waals surface area contributed by atoms with E-state index in [2.05, 4.69) is 0 Å². The lowest BCUT2D eigenvalue weighted by Crippen LogP contribution is -2.40.